The van der Waals surface area contributed by atoms with Gasteiger partial charge in [0, 0.05) is 19.7 Å². The van der Waals surface area contributed by atoms with Crippen LogP contribution < -0.4 is 9.47 Å². The molecular weight excluding hydrogens is 868 g/mol. The van der Waals surface area contributed by atoms with E-state index in [-0.39, 0.29) is 30.4 Å². The van der Waals surface area contributed by atoms with E-state index in [0.29, 0.717) is 13.0 Å². The Morgan fingerprint density at radius 2 is 1.46 bits per heavy atom. The van der Waals surface area contributed by atoms with Gasteiger partial charge in [0.05, 0.1) is 19.1 Å². The summed E-state index contributed by atoms with van der Waals surface area (Å²) >= 11 is 0. The molecule has 0 amide bonds. The molecule has 5 aromatic rings. The number of aliphatic carboxylic acids is 2. The Morgan fingerprint density at radius 3 is 2.13 bits per heavy atom. The van der Waals surface area contributed by atoms with Crippen LogP contribution in [0.2, 0.25) is 0 Å². The van der Waals surface area contributed by atoms with Crippen LogP contribution in [0.1, 0.15) is 80.2 Å². The molecule has 2 heterocycles. The van der Waals surface area contributed by atoms with E-state index in [9.17, 15) is 4.79 Å². The molecule has 0 bridgehead atoms. The van der Waals surface area contributed by atoms with Crippen molar-refractivity contribution in [2.24, 2.45) is 5.92 Å². The lowest BCUT2D eigenvalue weighted by molar-refractivity contribution is -0.159. The number of methoxy groups -OCH3 is 1. The van der Waals surface area contributed by atoms with E-state index in [2.05, 4.69) is 139 Å². The molecule has 5 aromatic carbocycles. The van der Waals surface area contributed by atoms with Crippen molar-refractivity contribution in [3.63, 3.8) is 0 Å². The van der Waals surface area contributed by atoms with Crippen LogP contribution in [0.3, 0.4) is 0 Å². The molecule has 8 rings (SSSR count). The average Bonchev–Trinajstić information content (AvgIpc) is 4.08. The van der Waals surface area contributed by atoms with E-state index in [1.807, 2.05) is 0 Å². The van der Waals surface area contributed by atoms with Crippen LogP contribution in [0, 0.1) is 5.92 Å². The van der Waals surface area contributed by atoms with E-state index in [1.165, 1.54) is 75.7 Å². The molecule has 1 aliphatic carbocycles. The molecule has 0 radical (unpaired) electrons. The van der Waals surface area contributed by atoms with Crippen LogP contribution >= 0.6 is 12.4 Å². The van der Waals surface area contributed by atoms with Crippen LogP contribution in [-0.4, -0.2) is 110 Å². The fraction of sp³-hybridized carbons (Fsp3) is 0.400. The van der Waals surface area contributed by atoms with Crippen molar-refractivity contribution in [2.75, 3.05) is 66.2 Å². The molecule has 2 unspecified atom stereocenters. The predicted octanol–water partition coefficient (Wildman–Crippen LogP) is 10.1. The summed E-state index contributed by atoms with van der Waals surface area (Å²) in [6, 6.07) is 40.6. The lowest BCUT2D eigenvalue weighted by Gasteiger charge is -2.25. The average molecular weight is 936 g/mol. The second-order valence-electron chi connectivity index (χ2n) is 16.9. The monoisotopic (exact) mass is 934 g/mol. The summed E-state index contributed by atoms with van der Waals surface area (Å²) in [5.41, 5.74) is 9.14. The number of aryl methyl sites for hydroxylation is 1. The van der Waals surface area contributed by atoms with Gasteiger partial charge in [-0.05, 0) is 152 Å². The first-order valence-electron chi connectivity index (χ1n) is 23.5. The predicted molar refractivity (Wildman–Crippen MR) is 267 cm³/mol. The molecule has 2 fully saturated rings. The zero-order valence-corrected chi connectivity index (χ0v) is 40.0. The van der Waals surface area contributed by atoms with Crippen molar-refractivity contribution in [2.45, 2.75) is 71.3 Å². The molecule has 11 nitrogen and oxygen atoms in total. The van der Waals surface area contributed by atoms with Gasteiger partial charge in [-0.2, -0.15) is 0 Å². The number of ether oxygens (including phenoxy) is 4. The van der Waals surface area contributed by atoms with Crippen LogP contribution in [0.4, 0.5) is 0 Å². The number of carbonyl (C=O) groups is 3. The van der Waals surface area contributed by atoms with Crippen molar-refractivity contribution in [3.05, 3.63) is 143 Å². The van der Waals surface area contributed by atoms with Crippen LogP contribution in [0.5, 0.6) is 11.5 Å². The quantitative estimate of drug-likeness (QED) is 0.0682. The van der Waals surface area contributed by atoms with Gasteiger partial charge in [0.1, 0.15) is 24.7 Å². The minimum atomic E-state index is -1.82. The number of halogens is 1. The summed E-state index contributed by atoms with van der Waals surface area (Å²) in [6.07, 6.45) is 8.43. The minimum absolute atomic E-state index is 0. The van der Waals surface area contributed by atoms with Crippen molar-refractivity contribution in [1.82, 2.24) is 9.80 Å². The van der Waals surface area contributed by atoms with Gasteiger partial charge in [-0.15, -0.1) is 12.4 Å². The summed E-state index contributed by atoms with van der Waals surface area (Å²) in [4.78, 5) is 35.9. The molecule has 358 valence electrons. The summed E-state index contributed by atoms with van der Waals surface area (Å²) in [7, 11) is 1.74. The number of likely N-dealkylation sites (tertiary alicyclic amines) is 1. The Hall–Kier alpha value is -5.72. The first-order valence-corrected chi connectivity index (χ1v) is 23.5. The standard InChI is InChI=1S/C29H31NO2.C24H33NO3.C2H2O4.ClH/c1-31-26-14-16-28-24(21-26)11-15-27(22-7-3-2-4-8-22)29(28)23-9-12-25(13-10-23)32-20-19-30-17-5-6-18-30;1-3-25(4-2)14-16-28-24(26)21(18-22-12-8-15-27-22)17-20-11-7-10-19-9-5-6-13-23(19)20;3-1(4)2(5)6;/h2-4,7-10,12-14,16,21H,5-6,11,15,17-20H2,1H3;5-7,9-11,13,21-22H,3-4,8,12,14-18H2,1-2H3;(H,3,4)(H,5,6);1H. The Kier molecular flexibility index (Phi) is 21.2. The Bertz CT molecular complexity index is 2340. The molecule has 12 heteroatoms. The number of esters is 1. The highest BCUT2D eigenvalue weighted by Gasteiger charge is 2.28. The highest BCUT2D eigenvalue weighted by atomic mass is 35.5. The van der Waals surface area contributed by atoms with Gasteiger partial charge < -0.3 is 34.1 Å². The summed E-state index contributed by atoms with van der Waals surface area (Å²) in [5, 5.41) is 17.2. The zero-order chi connectivity index (χ0) is 46.7. The Labute approximate surface area is 402 Å². The van der Waals surface area contributed by atoms with E-state index < -0.39 is 11.9 Å². The van der Waals surface area contributed by atoms with Crippen molar-refractivity contribution < 1.29 is 43.5 Å². The third-order valence-corrected chi connectivity index (χ3v) is 12.6. The molecule has 67 heavy (non-hydrogen) atoms. The molecule has 0 aromatic heterocycles. The number of hydrogen-bond donors (Lipinski definition) is 2. The van der Waals surface area contributed by atoms with Crippen molar-refractivity contribution in [3.8, 4) is 11.5 Å². The smallest absolute Gasteiger partial charge is 0.414 e. The maximum atomic E-state index is 12.9. The van der Waals surface area contributed by atoms with Crippen LogP contribution in [0.15, 0.2) is 115 Å². The molecule has 2 aliphatic heterocycles. The number of carboxylic acids is 2. The Morgan fingerprint density at radius 1 is 0.776 bits per heavy atom. The SMILES string of the molecule is CCN(CC)CCOC(=O)C(Cc1cccc2ccccc12)CC1CCCO1.COc1ccc2c(c1)CCC(c1ccccc1)=C2c1ccc(OCCN2CCCC2)cc1.Cl.O=C(O)C(=O)O. The lowest BCUT2D eigenvalue weighted by Crippen LogP contribution is -2.30. The summed E-state index contributed by atoms with van der Waals surface area (Å²) in [5.74, 6) is -2.03. The number of allylic oxidation sites excluding steroid dienone is 1. The van der Waals surface area contributed by atoms with Gasteiger partial charge in [-0.3, -0.25) is 9.69 Å². The fourth-order valence-corrected chi connectivity index (χ4v) is 9.05. The maximum absolute atomic E-state index is 12.9. The fourth-order valence-electron chi connectivity index (χ4n) is 9.05. The second kappa shape index (κ2) is 27.2. The first-order chi connectivity index (χ1) is 32.2. The summed E-state index contributed by atoms with van der Waals surface area (Å²) in [6.45, 7) is 12.5. The largest absolute Gasteiger partial charge is 0.497 e. The number of benzene rings is 5. The topological polar surface area (TPSA) is 135 Å². The number of carbonyl (C=O) groups excluding carboxylic acids is 1. The maximum Gasteiger partial charge on any atom is 0.414 e. The normalized spacial score (nSPS) is 15.9. The van der Waals surface area contributed by atoms with Crippen molar-refractivity contribution >= 4 is 52.2 Å². The molecule has 0 saturated carbocycles. The highest BCUT2D eigenvalue weighted by Crippen LogP contribution is 2.42. The molecule has 2 saturated heterocycles. The molecule has 2 atom stereocenters. The number of likely N-dealkylation sites (N-methyl/N-ethyl adjacent to an activating group) is 1. The number of hydrogen-bond acceptors (Lipinski definition) is 9. The van der Waals surface area contributed by atoms with Crippen molar-refractivity contribution in [1.29, 1.82) is 0 Å². The Balaban J connectivity index is 0.000000222. The highest BCUT2D eigenvalue weighted by molar-refractivity contribution is 6.27. The van der Waals surface area contributed by atoms with Gasteiger partial charge in [-0.1, -0.05) is 105 Å². The van der Waals surface area contributed by atoms with E-state index in [4.69, 9.17) is 38.7 Å². The van der Waals surface area contributed by atoms with Crippen LogP contribution in [-0.2, 0) is 36.7 Å². The van der Waals surface area contributed by atoms with E-state index in [1.54, 1.807) is 7.11 Å². The number of carboxylic acid groups (broad SMARTS) is 2. The second-order valence-corrected chi connectivity index (χ2v) is 16.9. The molecular formula is C55H67ClN2O9. The zero-order valence-electron chi connectivity index (χ0n) is 39.2. The van der Waals surface area contributed by atoms with Gasteiger partial charge in [0.2, 0.25) is 0 Å². The number of rotatable bonds is 17. The van der Waals surface area contributed by atoms with Gasteiger partial charge >= 0.3 is 17.9 Å². The first kappa shape index (κ1) is 52.3. The lowest BCUT2D eigenvalue weighted by atomic mass is 9.79. The van der Waals surface area contributed by atoms with Gasteiger partial charge in [0.25, 0.3) is 0 Å². The molecule has 3 aliphatic rings. The third-order valence-electron chi connectivity index (χ3n) is 12.6. The van der Waals surface area contributed by atoms with E-state index in [0.717, 1.165) is 83.0 Å². The van der Waals surface area contributed by atoms with Crippen LogP contribution in [0.25, 0.3) is 21.9 Å². The number of fused-ring (bicyclic) bond motifs is 2. The molecule has 2 N–H and O–H groups in total. The number of nitrogens with zero attached hydrogens (tertiary/aromatic N) is 2. The third kappa shape index (κ3) is 15.4. The van der Waals surface area contributed by atoms with Gasteiger partial charge in [0.15, 0.2) is 0 Å². The minimum Gasteiger partial charge on any atom is -0.497 e. The van der Waals surface area contributed by atoms with Gasteiger partial charge in [-0.25, -0.2) is 9.59 Å². The van der Waals surface area contributed by atoms with E-state index >= 15 is 0 Å². The molecule has 0 spiro atoms. The summed E-state index contributed by atoms with van der Waals surface area (Å²) < 4.78 is 23.1.